The SMILES string of the molecule is CCCCCCCCCCCCCCCCCCCCCCCC[C@@H](C(=O)O)[C@H](O)CCCCCCCCCCCCCCCC[C@@H]1C[C@@H]1[C@H](C)CCCCCCCCCCCCCCCCCC[C@@H](O)[C@H](C)CCCCCCCCCCCCCCCCCC. The third-order valence-corrected chi connectivity index (χ3v) is 22.8. The van der Waals surface area contributed by atoms with Crippen molar-refractivity contribution >= 4 is 5.97 Å². The van der Waals surface area contributed by atoms with Crippen LogP contribution in [0.1, 0.15) is 509 Å². The summed E-state index contributed by atoms with van der Waals surface area (Å²) in [6.45, 7) is 9.46. The maximum absolute atomic E-state index is 12.0. The van der Waals surface area contributed by atoms with E-state index < -0.39 is 18.0 Å². The number of carboxylic acids is 1. The van der Waals surface area contributed by atoms with Gasteiger partial charge in [0.25, 0.3) is 0 Å². The molecule has 3 N–H and O–H groups in total. The Kier molecular flexibility index (Phi) is 70.1. The van der Waals surface area contributed by atoms with Crippen LogP contribution in [0.25, 0.3) is 0 Å². The molecule has 0 unspecified atom stereocenters. The molecule has 0 amide bonds. The molecule has 0 spiro atoms. The van der Waals surface area contributed by atoms with Crippen LogP contribution in [-0.4, -0.2) is 33.5 Å². The Morgan fingerprint density at radius 3 is 0.747 bits per heavy atom. The Bertz CT molecular complexity index is 1380. The predicted octanol–water partition coefficient (Wildman–Crippen LogP) is 30.2. The van der Waals surface area contributed by atoms with Gasteiger partial charge in [0.15, 0.2) is 0 Å². The van der Waals surface area contributed by atoms with Crippen LogP contribution in [-0.2, 0) is 4.79 Å². The normalized spacial score (nSPS) is 15.8. The fraction of sp³-hybridized carbons (Fsp3) is 0.989. The highest BCUT2D eigenvalue weighted by molar-refractivity contribution is 5.70. The number of hydrogen-bond acceptors (Lipinski definition) is 3. The van der Waals surface area contributed by atoms with E-state index in [0.29, 0.717) is 18.8 Å². The minimum absolute atomic E-state index is 0.0809. The quantitative estimate of drug-likeness (QED) is 0.0530. The van der Waals surface area contributed by atoms with Crippen LogP contribution in [0.15, 0.2) is 0 Å². The van der Waals surface area contributed by atoms with E-state index in [0.717, 1.165) is 49.9 Å². The molecular formula is C87H172O4. The summed E-state index contributed by atoms with van der Waals surface area (Å²) < 4.78 is 0. The summed E-state index contributed by atoms with van der Waals surface area (Å²) in [6, 6.07) is 0. The van der Waals surface area contributed by atoms with Gasteiger partial charge in [0, 0.05) is 0 Å². The summed E-state index contributed by atoms with van der Waals surface area (Å²) in [6.07, 6.45) is 102. The molecule has 1 fully saturated rings. The van der Waals surface area contributed by atoms with E-state index in [2.05, 4.69) is 27.7 Å². The average Bonchev–Trinajstić information content (AvgIpc) is 2.01. The van der Waals surface area contributed by atoms with Gasteiger partial charge in [-0.05, 0) is 55.8 Å². The molecule has 0 aromatic heterocycles. The van der Waals surface area contributed by atoms with E-state index in [-0.39, 0.29) is 6.10 Å². The number of carboxylic acid groups (broad SMARTS) is 1. The first-order valence-corrected chi connectivity index (χ1v) is 43.4. The van der Waals surface area contributed by atoms with Crippen LogP contribution in [0.5, 0.6) is 0 Å². The van der Waals surface area contributed by atoms with Crippen molar-refractivity contribution in [3.8, 4) is 0 Å². The minimum atomic E-state index is -0.799. The molecule has 0 aromatic carbocycles. The van der Waals surface area contributed by atoms with Crippen LogP contribution >= 0.6 is 0 Å². The molecule has 1 aliphatic carbocycles. The molecule has 1 aliphatic rings. The van der Waals surface area contributed by atoms with Crippen molar-refractivity contribution in [1.29, 1.82) is 0 Å². The van der Waals surface area contributed by atoms with E-state index in [4.69, 9.17) is 0 Å². The van der Waals surface area contributed by atoms with Gasteiger partial charge in [0.2, 0.25) is 0 Å². The minimum Gasteiger partial charge on any atom is -0.481 e. The molecule has 0 saturated heterocycles. The first-order valence-electron chi connectivity index (χ1n) is 43.4. The number of unbranched alkanes of at least 4 members (excludes halogenated alkanes) is 64. The Morgan fingerprint density at radius 1 is 0.275 bits per heavy atom. The molecule has 91 heavy (non-hydrogen) atoms. The monoisotopic (exact) mass is 1280 g/mol. The zero-order valence-electron chi connectivity index (χ0n) is 63.3. The van der Waals surface area contributed by atoms with Gasteiger partial charge in [-0.15, -0.1) is 0 Å². The van der Waals surface area contributed by atoms with E-state index in [1.54, 1.807) is 0 Å². The first kappa shape index (κ1) is 88.4. The van der Waals surface area contributed by atoms with Crippen LogP contribution < -0.4 is 0 Å². The molecule has 0 radical (unpaired) electrons. The Labute approximate surface area is 574 Å². The maximum atomic E-state index is 12.0. The van der Waals surface area contributed by atoms with Crippen LogP contribution in [0.2, 0.25) is 0 Å². The van der Waals surface area contributed by atoms with Crippen molar-refractivity contribution in [3.63, 3.8) is 0 Å². The molecule has 4 heteroatoms. The summed E-state index contributed by atoms with van der Waals surface area (Å²) in [4.78, 5) is 12.0. The van der Waals surface area contributed by atoms with Gasteiger partial charge in [-0.1, -0.05) is 477 Å². The van der Waals surface area contributed by atoms with Crippen molar-refractivity contribution in [2.75, 3.05) is 0 Å². The number of aliphatic carboxylic acids is 1. The number of hydrogen-bond donors (Lipinski definition) is 3. The molecule has 4 nitrogen and oxygen atoms in total. The van der Waals surface area contributed by atoms with Crippen LogP contribution in [0, 0.1) is 29.6 Å². The molecule has 1 rings (SSSR count). The fourth-order valence-electron chi connectivity index (χ4n) is 15.8. The van der Waals surface area contributed by atoms with Crippen molar-refractivity contribution < 1.29 is 20.1 Å². The average molecular weight is 1280 g/mol. The zero-order valence-corrected chi connectivity index (χ0v) is 63.3. The molecule has 544 valence electrons. The second kappa shape index (κ2) is 72.1. The molecule has 0 aromatic rings. The van der Waals surface area contributed by atoms with Gasteiger partial charge in [0.05, 0.1) is 18.1 Å². The predicted molar refractivity (Wildman–Crippen MR) is 406 cm³/mol. The molecule has 7 atom stereocenters. The van der Waals surface area contributed by atoms with Crippen molar-refractivity contribution in [2.45, 2.75) is 521 Å². The lowest BCUT2D eigenvalue weighted by molar-refractivity contribution is -0.146. The standard InChI is InChI=1S/C87H172O4/c1-5-7-9-11-13-15-17-19-21-23-24-25-26-27-28-33-40-46-52-58-64-70-76-83(87(90)91)86(89)78-72-66-60-54-48-42-36-35-39-45-51-57-63-69-75-82-79-84(82)80(3)73-67-61-55-49-43-37-32-29-30-34-41-47-53-59-65-71-77-85(88)81(4)74-68-62-56-50-44-38-31-22-20-18-16-14-12-10-8-6-2/h80-86,88-89H,5-79H2,1-4H3,(H,90,91)/t80-,81-,82-,83-,84-,85-,86-/m1/s1. The van der Waals surface area contributed by atoms with Gasteiger partial charge in [-0.2, -0.15) is 0 Å². The van der Waals surface area contributed by atoms with Crippen molar-refractivity contribution in [3.05, 3.63) is 0 Å². The second-order valence-electron chi connectivity index (χ2n) is 31.8. The third-order valence-electron chi connectivity index (χ3n) is 22.8. The molecule has 0 aliphatic heterocycles. The molecule has 0 heterocycles. The number of rotatable bonds is 80. The summed E-state index contributed by atoms with van der Waals surface area (Å²) in [5.41, 5.74) is 0. The largest absolute Gasteiger partial charge is 0.481 e. The topological polar surface area (TPSA) is 77.8 Å². The van der Waals surface area contributed by atoms with Gasteiger partial charge < -0.3 is 15.3 Å². The Morgan fingerprint density at radius 2 is 0.484 bits per heavy atom. The summed E-state index contributed by atoms with van der Waals surface area (Å²) in [5.74, 6) is 2.16. The lowest BCUT2D eigenvalue weighted by Gasteiger charge is -2.19. The molecule has 1 saturated carbocycles. The van der Waals surface area contributed by atoms with Crippen molar-refractivity contribution in [2.24, 2.45) is 29.6 Å². The first-order chi connectivity index (χ1) is 44.8. The smallest absolute Gasteiger partial charge is 0.309 e. The van der Waals surface area contributed by atoms with Gasteiger partial charge >= 0.3 is 5.97 Å². The highest BCUT2D eigenvalue weighted by Gasteiger charge is 2.39. The van der Waals surface area contributed by atoms with Gasteiger partial charge in [-0.3, -0.25) is 4.79 Å². The van der Waals surface area contributed by atoms with E-state index in [1.165, 1.54) is 437 Å². The maximum Gasteiger partial charge on any atom is 0.309 e. The van der Waals surface area contributed by atoms with Crippen LogP contribution in [0.3, 0.4) is 0 Å². The molecular weight excluding hydrogens is 1110 g/mol. The van der Waals surface area contributed by atoms with Crippen LogP contribution in [0.4, 0.5) is 0 Å². The summed E-state index contributed by atoms with van der Waals surface area (Å²) in [7, 11) is 0. The van der Waals surface area contributed by atoms with Gasteiger partial charge in [0.1, 0.15) is 0 Å². The Hall–Kier alpha value is -0.610. The Balaban J connectivity index is 1.77. The number of aliphatic hydroxyl groups excluding tert-OH is 2. The van der Waals surface area contributed by atoms with Crippen molar-refractivity contribution in [1.82, 2.24) is 0 Å². The third kappa shape index (κ3) is 63.9. The highest BCUT2D eigenvalue weighted by Crippen LogP contribution is 2.49. The van der Waals surface area contributed by atoms with E-state index >= 15 is 0 Å². The summed E-state index contributed by atoms with van der Waals surface area (Å²) >= 11 is 0. The summed E-state index contributed by atoms with van der Waals surface area (Å²) in [5, 5.41) is 31.3. The number of carbonyl (C=O) groups is 1. The lowest BCUT2D eigenvalue weighted by atomic mass is 9.91. The number of aliphatic hydroxyl groups is 2. The molecule has 0 bridgehead atoms. The highest BCUT2D eigenvalue weighted by atomic mass is 16.4. The zero-order chi connectivity index (χ0) is 65.7. The van der Waals surface area contributed by atoms with E-state index in [1.807, 2.05) is 0 Å². The van der Waals surface area contributed by atoms with Gasteiger partial charge in [-0.25, -0.2) is 0 Å². The lowest BCUT2D eigenvalue weighted by Crippen LogP contribution is -2.28. The second-order valence-corrected chi connectivity index (χ2v) is 31.8. The fourth-order valence-corrected chi connectivity index (χ4v) is 15.8. The van der Waals surface area contributed by atoms with E-state index in [9.17, 15) is 20.1 Å².